The van der Waals surface area contributed by atoms with E-state index in [4.69, 9.17) is 5.73 Å². The Bertz CT molecular complexity index is 653. The molecule has 0 amide bonds. The van der Waals surface area contributed by atoms with E-state index in [1.807, 2.05) is 0 Å². The molecule has 1 aromatic carbocycles. The molecule has 1 aliphatic carbocycles. The second-order valence-corrected chi connectivity index (χ2v) is 5.55. The molecular weight excluding hydrogens is 278 g/mol. The maximum atomic E-state index is 11.3. The van der Waals surface area contributed by atoms with E-state index in [1.54, 1.807) is 22.9 Å². The fourth-order valence-corrected chi connectivity index (χ4v) is 2.91. The minimum Gasteiger partial charge on any atom is -0.478 e. The SMILES string of the molecule is Nc1cccc(CSc2nnnn2C2CC2)c1C(=O)O. The largest absolute Gasteiger partial charge is 0.478 e. The van der Waals surface area contributed by atoms with Crippen molar-refractivity contribution in [3.05, 3.63) is 29.3 Å². The number of aromatic nitrogens is 4. The van der Waals surface area contributed by atoms with Crippen LogP contribution in [0.5, 0.6) is 0 Å². The Kier molecular flexibility index (Phi) is 3.31. The number of benzene rings is 1. The highest BCUT2D eigenvalue weighted by molar-refractivity contribution is 7.98. The summed E-state index contributed by atoms with van der Waals surface area (Å²) in [5, 5.41) is 21.5. The fourth-order valence-electron chi connectivity index (χ4n) is 1.97. The molecule has 20 heavy (non-hydrogen) atoms. The topological polar surface area (TPSA) is 107 Å². The van der Waals surface area contributed by atoms with Gasteiger partial charge in [0.25, 0.3) is 0 Å². The van der Waals surface area contributed by atoms with Gasteiger partial charge in [-0.1, -0.05) is 23.9 Å². The van der Waals surface area contributed by atoms with E-state index in [0.717, 1.165) is 12.8 Å². The van der Waals surface area contributed by atoms with Crippen molar-refractivity contribution in [2.75, 3.05) is 5.73 Å². The number of rotatable bonds is 5. The number of carboxylic acids is 1. The third-order valence-electron chi connectivity index (χ3n) is 3.11. The number of anilines is 1. The molecule has 0 spiro atoms. The quantitative estimate of drug-likeness (QED) is 0.636. The lowest BCUT2D eigenvalue weighted by Crippen LogP contribution is -2.06. The predicted octanol–water partition coefficient (Wildman–Crippen LogP) is 1.58. The number of carboxylic acid groups (broad SMARTS) is 1. The number of aromatic carboxylic acids is 1. The van der Waals surface area contributed by atoms with Gasteiger partial charge in [0, 0.05) is 11.4 Å². The number of hydrogen-bond acceptors (Lipinski definition) is 6. The molecule has 104 valence electrons. The Morgan fingerprint density at radius 2 is 2.30 bits per heavy atom. The van der Waals surface area contributed by atoms with Gasteiger partial charge in [-0.15, -0.1) is 5.10 Å². The summed E-state index contributed by atoms with van der Waals surface area (Å²) in [4.78, 5) is 11.3. The molecule has 2 aromatic rings. The van der Waals surface area contributed by atoms with Gasteiger partial charge in [-0.2, -0.15) is 0 Å². The lowest BCUT2D eigenvalue weighted by molar-refractivity contribution is 0.0697. The highest BCUT2D eigenvalue weighted by Crippen LogP contribution is 2.37. The van der Waals surface area contributed by atoms with Crippen LogP contribution in [0.4, 0.5) is 5.69 Å². The summed E-state index contributed by atoms with van der Waals surface area (Å²) in [5.41, 5.74) is 6.83. The lowest BCUT2D eigenvalue weighted by Gasteiger charge is -2.08. The zero-order valence-electron chi connectivity index (χ0n) is 10.6. The van der Waals surface area contributed by atoms with Crippen molar-refractivity contribution in [3.63, 3.8) is 0 Å². The van der Waals surface area contributed by atoms with Crippen LogP contribution in [0.3, 0.4) is 0 Å². The normalized spacial score (nSPS) is 14.4. The van der Waals surface area contributed by atoms with E-state index in [-0.39, 0.29) is 11.3 Å². The number of nitrogen functional groups attached to an aromatic ring is 1. The second kappa shape index (κ2) is 5.12. The maximum absolute atomic E-state index is 11.3. The standard InChI is InChI=1S/C12H13N5O2S/c13-9-3-1-2-7(10(9)11(18)19)6-20-12-14-15-16-17(12)8-4-5-8/h1-3,8H,4-6,13H2,(H,18,19). The van der Waals surface area contributed by atoms with E-state index in [0.29, 0.717) is 22.5 Å². The molecule has 3 N–H and O–H groups in total. The number of thioether (sulfide) groups is 1. The number of carbonyl (C=O) groups is 1. The predicted molar refractivity (Wildman–Crippen MR) is 73.5 cm³/mol. The summed E-state index contributed by atoms with van der Waals surface area (Å²) in [7, 11) is 0. The molecule has 1 aliphatic rings. The van der Waals surface area contributed by atoms with Crippen molar-refractivity contribution in [3.8, 4) is 0 Å². The Morgan fingerprint density at radius 1 is 1.50 bits per heavy atom. The Labute approximate surface area is 119 Å². The third kappa shape index (κ3) is 2.46. The summed E-state index contributed by atoms with van der Waals surface area (Å²) in [5.74, 6) is -0.541. The van der Waals surface area contributed by atoms with Gasteiger partial charge in [0.1, 0.15) is 0 Å². The van der Waals surface area contributed by atoms with Gasteiger partial charge in [0.15, 0.2) is 0 Å². The van der Waals surface area contributed by atoms with Crippen LogP contribution in [0.25, 0.3) is 0 Å². The van der Waals surface area contributed by atoms with Crippen LogP contribution in [-0.2, 0) is 5.75 Å². The molecular formula is C12H13N5O2S. The van der Waals surface area contributed by atoms with Crippen LogP contribution in [-0.4, -0.2) is 31.3 Å². The lowest BCUT2D eigenvalue weighted by atomic mass is 10.1. The Balaban J connectivity index is 1.80. The third-order valence-corrected chi connectivity index (χ3v) is 4.09. The zero-order chi connectivity index (χ0) is 14.1. The first kappa shape index (κ1) is 12.9. The highest BCUT2D eigenvalue weighted by Gasteiger charge is 2.28. The van der Waals surface area contributed by atoms with Gasteiger partial charge >= 0.3 is 5.97 Å². The van der Waals surface area contributed by atoms with Crippen molar-refractivity contribution < 1.29 is 9.90 Å². The molecule has 1 heterocycles. The summed E-state index contributed by atoms with van der Waals surface area (Å²) < 4.78 is 1.80. The number of nitrogens with two attached hydrogens (primary N) is 1. The van der Waals surface area contributed by atoms with Crippen LogP contribution in [0.2, 0.25) is 0 Å². The molecule has 0 atom stereocenters. The van der Waals surface area contributed by atoms with Gasteiger partial charge in [-0.3, -0.25) is 0 Å². The first-order chi connectivity index (χ1) is 9.66. The average molecular weight is 291 g/mol. The molecule has 1 aromatic heterocycles. The van der Waals surface area contributed by atoms with Crippen molar-refractivity contribution >= 4 is 23.4 Å². The molecule has 1 fully saturated rings. The molecule has 1 saturated carbocycles. The first-order valence-electron chi connectivity index (χ1n) is 6.18. The van der Waals surface area contributed by atoms with E-state index in [9.17, 15) is 9.90 Å². The number of hydrogen-bond donors (Lipinski definition) is 2. The van der Waals surface area contributed by atoms with Gasteiger partial charge in [0.05, 0.1) is 11.6 Å². The van der Waals surface area contributed by atoms with E-state index in [1.165, 1.54) is 11.8 Å². The van der Waals surface area contributed by atoms with Crippen LogP contribution in [0.1, 0.15) is 34.8 Å². The van der Waals surface area contributed by atoms with Crippen LogP contribution in [0.15, 0.2) is 23.4 Å². The minimum atomic E-state index is -1.01. The number of tetrazole rings is 1. The average Bonchev–Trinajstić information content (AvgIpc) is 3.15. The van der Waals surface area contributed by atoms with Gasteiger partial charge in [-0.25, -0.2) is 9.48 Å². The van der Waals surface area contributed by atoms with Gasteiger partial charge in [0.2, 0.25) is 5.16 Å². The number of nitrogens with zero attached hydrogens (tertiary/aromatic N) is 4. The smallest absolute Gasteiger partial charge is 0.338 e. The van der Waals surface area contributed by atoms with Gasteiger partial charge in [-0.05, 0) is 34.9 Å². The fraction of sp³-hybridized carbons (Fsp3) is 0.333. The van der Waals surface area contributed by atoms with E-state index < -0.39 is 5.97 Å². The highest BCUT2D eigenvalue weighted by atomic mass is 32.2. The Morgan fingerprint density at radius 3 is 3.00 bits per heavy atom. The van der Waals surface area contributed by atoms with Gasteiger partial charge < -0.3 is 10.8 Å². The van der Waals surface area contributed by atoms with E-state index in [2.05, 4.69) is 15.5 Å². The zero-order valence-corrected chi connectivity index (χ0v) is 11.4. The van der Waals surface area contributed by atoms with Crippen molar-refractivity contribution in [1.82, 2.24) is 20.2 Å². The molecule has 3 rings (SSSR count). The summed E-state index contributed by atoms with van der Waals surface area (Å²) >= 11 is 1.42. The first-order valence-corrected chi connectivity index (χ1v) is 7.16. The van der Waals surface area contributed by atoms with Crippen LogP contribution < -0.4 is 5.73 Å². The van der Waals surface area contributed by atoms with Crippen LogP contribution >= 0.6 is 11.8 Å². The molecule has 0 saturated heterocycles. The second-order valence-electron chi connectivity index (χ2n) is 4.61. The van der Waals surface area contributed by atoms with Crippen molar-refractivity contribution in [2.24, 2.45) is 0 Å². The van der Waals surface area contributed by atoms with Crippen LogP contribution in [0, 0.1) is 0 Å². The molecule has 0 bridgehead atoms. The summed E-state index contributed by atoms with van der Waals surface area (Å²) in [6.07, 6.45) is 2.19. The molecule has 7 nitrogen and oxygen atoms in total. The molecule has 0 radical (unpaired) electrons. The van der Waals surface area contributed by atoms with E-state index >= 15 is 0 Å². The van der Waals surface area contributed by atoms with Crippen molar-refractivity contribution in [2.45, 2.75) is 29.8 Å². The summed E-state index contributed by atoms with van der Waals surface area (Å²) in [6, 6.07) is 5.50. The monoisotopic (exact) mass is 291 g/mol. The molecule has 8 heteroatoms. The summed E-state index contributed by atoms with van der Waals surface area (Å²) in [6.45, 7) is 0. The van der Waals surface area contributed by atoms with Crippen molar-refractivity contribution in [1.29, 1.82) is 0 Å². The maximum Gasteiger partial charge on any atom is 0.338 e. The molecule has 0 aliphatic heterocycles. The Hall–Kier alpha value is -2.09. The minimum absolute atomic E-state index is 0.158. The molecule has 0 unspecified atom stereocenters.